The van der Waals surface area contributed by atoms with E-state index in [0.717, 1.165) is 18.1 Å². The number of aryl methyl sites for hydroxylation is 1. The maximum absolute atomic E-state index is 5.56. The molecule has 1 aliphatic heterocycles. The molecule has 0 radical (unpaired) electrons. The highest BCUT2D eigenvalue weighted by Gasteiger charge is 2.17. The summed E-state index contributed by atoms with van der Waals surface area (Å²) in [6.07, 6.45) is 1.74. The van der Waals surface area contributed by atoms with Crippen molar-refractivity contribution in [2.24, 2.45) is 10.7 Å². The monoisotopic (exact) mass is 177 g/mol. The summed E-state index contributed by atoms with van der Waals surface area (Å²) in [5.74, 6) is 1.15. The molecule has 13 heavy (non-hydrogen) atoms. The molecule has 0 amide bonds. The van der Waals surface area contributed by atoms with Crippen molar-refractivity contribution >= 4 is 17.5 Å². The van der Waals surface area contributed by atoms with E-state index in [2.05, 4.69) is 21.9 Å². The van der Waals surface area contributed by atoms with Crippen molar-refractivity contribution in [3.05, 3.63) is 18.6 Å². The number of guanidine groups is 1. The first-order valence-corrected chi connectivity index (χ1v) is 4.08. The molecule has 0 aromatic carbocycles. The fourth-order valence-electron chi connectivity index (χ4n) is 1.29. The molecule has 68 valence electrons. The maximum atomic E-state index is 5.56. The Morgan fingerprint density at radius 2 is 2.46 bits per heavy atom. The number of hydrogen-bond acceptors (Lipinski definition) is 4. The number of nitrogens with two attached hydrogens (primary N) is 1. The molecular weight excluding hydrogens is 166 g/mol. The molecule has 0 unspecified atom stereocenters. The van der Waals surface area contributed by atoms with Gasteiger partial charge < -0.3 is 15.6 Å². The van der Waals surface area contributed by atoms with Gasteiger partial charge in [-0.15, -0.1) is 0 Å². The fraction of sp³-hybridized carbons (Fsp3) is 0.250. The van der Waals surface area contributed by atoms with Gasteiger partial charge in [0.1, 0.15) is 5.69 Å². The summed E-state index contributed by atoms with van der Waals surface area (Å²) in [4.78, 5) is 8.33. The molecule has 1 aromatic heterocycles. The Morgan fingerprint density at radius 1 is 1.69 bits per heavy atom. The third-order valence-electron chi connectivity index (χ3n) is 1.94. The van der Waals surface area contributed by atoms with Crippen molar-refractivity contribution in [2.75, 3.05) is 0 Å². The molecule has 3 N–H and O–H groups in total. The van der Waals surface area contributed by atoms with Crippen LogP contribution in [0, 0.1) is 0 Å². The van der Waals surface area contributed by atoms with Crippen LogP contribution in [0.5, 0.6) is 0 Å². The zero-order valence-electron chi connectivity index (χ0n) is 7.41. The van der Waals surface area contributed by atoms with Crippen LogP contribution >= 0.6 is 0 Å². The Bertz CT molecular complexity index is 387. The molecule has 0 bridgehead atoms. The fourth-order valence-corrected chi connectivity index (χ4v) is 1.29. The lowest BCUT2D eigenvalue weighted by atomic mass is 10.3. The van der Waals surface area contributed by atoms with E-state index in [-0.39, 0.29) is 0 Å². The van der Waals surface area contributed by atoms with Crippen LogP contribution in [0.2, 0.25) is 0 Å². The molecule has 0 fully saturated rings. The van der Waals surface area contributed by atoms with Crippen molar-refractivity contribution in [3.8, 4) is 0 Å². The summed E-state index contributed by atoms with van der Waals surface area (Å²) in [7, 11) is 0. The van der Waals surface area contributed by atoms with Gasteiger partial charge in [0.2, 0.25) is 0 Å². The number of aliphatic imine (C=N–C) groups is 1. The normalized spacial score (nSPS) is 14.8. The lowest BCUT2D eigenvalue weighted by molar-refractivity contribution is 0.762. The van der Waals surface area contributed by atoms with E-state index in [1.807, 2.05) is 11.5 Å². The molecule has 0 spiro atoms. The second-order valence-corrected chi connectivity index (χ2v) is 2.80. The quantitative estimate of drug-likeness (QED) is 0.653. The Morgan fingerprint density at radius 3 is 3.15 bits per heavy atom. The summed E-state index contributed by atoms with van der Waals surface area (Å²) in [6, 6.07) is 0. The Hall–Kier alpha value is -1.78. The average Bonchev–Trinajstić information content (AvgIpc) is 2.47. The van der Waals surface area contributed by atoms with Gasteiger partial charge in [0.25, 0.3) is 0 Å². The number of fused-ring (bicyclic) bond motifs is 1. The van der Waals surface area contributed by atoms with E-state index in [0.29, 0.717) is 11.7 Å². The van der Waals surface area contributed by atoms with Crippen molar-refractivity contribution in [3.63, 3.8) is 0 Å². The Kier molecular flexibility index (Phi) is 1.58. The third kappa shape index (κ3) is 1.09. The van der Waals surface area contributed by atoms with Crippen LogP contribution in [-0.2, 0) is 6.54 Å². The number of imidazole rings is 1. The van der Waals surface area contributed by atoms with Crippen LogP contribution in [-0.4, -0.2) is 15.5 Å². The molecule has 0 atom stereocenters. The maximum Gasteiger partial charge on any atom is 0.199 e. The summed E-state index contributed by atoms with van der Waals surface area (Å²) in [6.45, 7) is 6.66. The van der Waals surface area contributed by atoms with E-state index in [1.165, 1.54) is 0 Å². The largest absolute Gasteiger partial charge is 0.369 e. The molecule has 0 saturated carbocycles. The first kappa shape index (κ1) is 7.85. The standard InChI is InChI=1S/C8H11N5/c1-3-13-4-10-6-5(2)11-8(9)12-7(6)13/h4H,2-3H2,1H3,(H3,9,11,12). The zero-order valence-corrected chi connectivity index (χ0v) is 7.41. The molecule has 5 heteroatoms. The topological polar surface area (TPSA) is 68.2 Å². The minimum atomic E-state index is 0.368. The van der Waals surface area contributed by atoms with Gasteiger partial charge in [-0.2, -0.15) is 4.99 Å². The van der Waals surface area contributed by atoms with Gasteiger partial charge in [0, 0.05) is 6.54 Å². The second-order valence-electron chi connectivity index (χ2n) is 2.80. The predicted octanol–water partition coefficient (Wildman–Crippen LogP) is 0.423. The van der Waals surface area contributed by atoms with Gasteiger partial charge in [0.15, 0.2) is 11.8 Å². The molecule has 1 aromatic rings. The highest BCUT2D eigenvalue weighted by Crippen LogP contribution is 2.25. The van der Waals surface area contributed by atoms with Crippen molar-refractivity contribution < 1.29 is 0 Å². The van der Waals surface area contributed by atoms with Gasteiger partial charge in [0.05, 0.1) is 12.0 Å². The molecule has 2 heterocycles. The van der Waals surface area contributed by atoms with Gasteiger partial charge in [-0.25, -0.2) is 4.98 Å². The molecule has 1 aliphatic rings. The highest BCUT2D eigenvalue weighted by atomic mass is 15.2. The van der Waals surface area contributed by atoms with Gasteiger partial charge in [-0.3, -0.25) is 0 Å². The van der Waals surface area contributed by atoms with E-state index in [9.17, 15) is 0 Å². The predicted molar refractivity (Wildman–Crippen MR) is 51.4 cm³/mol. The highest BCUT2D eigenvalue weighted by molar-refractivity contribution is 5.93. The van der Waals surface area contributed by atoms with Crippen molar-refractivity contribution in [2.45, 2.75) is 13.5 Å². The average molecular weight is 177 g/mol. The zero-order chi connectivity index (χ0) is 9.42. The third-order valence-corrected chi connectivity index (χ3v) is 1.94. The van der Waals surface area contributed by atoms with Crippen molar-refractivity contribution in [1.29, 1.82) is 0 Å². The van der Waals surface area contributed by atoms with E-state index in [1.54, 1.807) is 6.33 Å². The summed E-state index contributed by atoms with van der Waals surface area (Å²) in [5, 5.41) is 2.83. The van der Waals surface area contributed by atoms with Crippen LogP contribution < -0.4 is 11.1 Å². The first-order chi connectivity index (χ1) is 6.22. The number of rotatable bonds is 1. The number of nitrogens with zero attached hydrogens (tertiary/aromatic N) is 3. The molecule has 0 saturated heterocycles. The lowest BCUT2D eigenvalue weighted by Crippen LogP contribution is -2.32. The van der Waals surface area contributed by atoms with Crippen LogP contribution in [0.15, 0.2) is 17.9 Å². The van der Waals surface area contributed by atoms with Gasteiger partial charge in [-0.1, -0.05) is 6.58 Å². The van der Waals surface area contributed by atoms with E-state index >= 15 is 0 Å². The van der Waals surface area contributed by atoms with Gasteiger partial charge in [-0.05, 0) is 6.92 Å². The van der Waals surface area contributed by atoms with Crippen molar-refractivity contribution in [1.82, 2.24) is 14.9 Å². The number of hydrogen-bond donors (Lipinski definition) is 2. The van der Waals surface area contributed by atoms with Gasteiger partial charge >= 0.3 is 0 Å². The molecular formula is C8H11N5. The van der Waals surface area contributed by atoms with Crippen LogP contribution in [0.1, 0.15) is 12.6 Å². The minimum absolute atomic E-state index is 0.368. The first-order valence-electron chi connectivity index (χ1n) is 4.08. The number of nitrogens with one attached hydrogen (secondary N) is 1. The van der Waals surface area contributed by atoms with Crippen LogP contribution in [0.25, 0.3) is 5.70 Å². The summed E-state index contributed by atoms with van der Waals surface area (Å²) < 4.78 is 1.92. The lowest BCUT2D eigenvalue weighted by Gasteiger charge is -2.13. The Balaban J connectivity index is 2.59. The molecule has 2 rings (SSSR count). The summed E-state index contributed by atoms with van der Waals surface area (Å²) >= 11 is 0. The smallest absolute Gasteiger partial charge is 0.199 e. The van der Waals surface area contributed by atoms with Crippen LogP contribution in [0.4, 0.5) is 5.82 Å². The molecule has 0 aliphatic carbocycles. The molecule has 5 nitrogen and oxygen atoms in total. The number of aromatic nitrogens is 2. The van der Waals surface area contributed by atoms with E-state index < -0.39 is 0 Å². The second kappa shape index (κ2) is 2.62. The van der Waals surface area contributed by atoms with Crippen LogP contribution in [0.3, 0.4) is 0 Å². The van der Waals surface area contributed by atoms with E-state index in [4.69, 9.17) is 5.73 Å². The SMILES string of the molecule is C=C1NC(N)=Nc2c1ncn2CC. The Labute approximate surface area is 76.0 Å². The summed E-state index contributed by atoms with van der Waals surface area (Å²) in [5.41, 5.74) is 7.04. The minimum Gasteiger partial charge on any atom is -0.369 e.